The molecule has 2 unspecified atom stereocenters. The molecule has 1 fully saturated rings. The number of benzene rings is 1. The zero-order valence-electron chi connectivity index (χ0n) is 16.6. The van der Waals surface area contributed by atoms with Crippen molar-refractivity contribution in [2.75, 3.05) is 0 Å². The summed E-state index contributed by atoms with van der Waals surface area (Å²) in [6, 6.07) is 9.52. The van der Waals surface area contributed by atoms with E-state index in [1.54, 1.807) is 5.56 Å². The van der Waals surface area contributed by atoms with E-state index < -0.39 is 0 Å². The fourth-order valence-electron chi connectivity index (χ4n) is 5.22. The van der Waals surface area contributed by atoms with Crippen molar-refractivity contribution in [2.45, 2.75) is 90.4 Å². The summed E-state index contributed by atoms with van der Waals surface area (Å²) in [5.41, 5.74) is 3.02. The molecule has 2 aliphatic carbocycles. The SMILES string of the molecule is CCCCC1CCC(C(CC2CC=CCC2)c2ccc(C)cc2)CC1. The highest BCUT2D eigenvalue weighted by Crippen LogP contribution is 2.44. The van der Waals surface area contributed by atoms with Crippen molar-refractivity contribution < 1.29 is 0 Å². The zero-order chi connectivity index (χ0) is 17.5. The van der Waals surface area contributed by atoms with Gasteiger partial charge in [-0.2, -0.15) is 0 Å². The Balaban J connectivity index is 1.66. The van der Waals surface area contributed by atoms with Crippen LogP contribution in [-0.4, -0.2) is 0 Å². The number of unbranched alkanes of at least 4 members (excludes halogenated alkanes) is 1. The third-order valence-electron chi connectivity index (χ3n) is 6.90. The highest BCUT2D eigenvalue weighted by Gasteiger charge is 2.30. The molecule has 2 atom stereocenters. The normalized spacial score (nSPS) is 28.0. The molecule has 0 aliphatic heterocycles. The van der Waals surface area contributed by atoms with Crippen LogP contribution in [-0.2, 0) is 0 Å². The van der Waals surface area contributed by atoms with Gasteiger partial charge in [-0.15, -0.1) is 0 Å². The van der Waals surface area contributed by atoms with Crippen molar-refractivity contribution in [3.05, 3.63) is 47.5 Å². The molecule has 0 heterocycles. The third-order valence-corrected chi connectivity index (χ3v) is 6.90. The van der Waals surface area contributed by atoms with Crippen LogP contribution in [0.3, 0.4) is 0 Å². The van der Waals surface area contributed by atoms with Gasteiger partial charge in [0.15, 0.2) is 0 Å². The van der Waals surface area contributed by atoms with E-state index in [2.05, 4.69) is 50.3 Å². The second kappa shape index (κ2) is 9.60. The Bertz CT molecular complexity index is 515. The van der Waals surface area contributed by atoms with Crippen LogP contribution < -0.4 is 0 Å². The van der Waals surface area contributed by atoms with E-state index in [0.717, 1.165) is 23.7 Å². The predicted molar refractivity (Wildman–Crippen MR) is 110 cm³/mol. The molecule has 1 saturated carbocycles. The number of aryl methyl sites for hydroxylation is 1. The molecule has 138 valence electrons. The van der Waals surface area contributed by atoms with Crippen molar-refractivity contribution >= 4 is 0 Å². The van der Waals surface area contributed by atoms with Crippen molar-refractivity contribution in [2.24, 2.45) is 17.8 Å². The van der Waals surface area contributed by atoms with E-state index in [1.165, 1.54) is 76.2 Å². The van der Waals surface area contributed by atoms with Crippen LogP contribution in [0.4, 0.5) is 0 Å². The molecule has 0 heteroatoms. The minimum absolute atomic E-state index is 0.796. The van der Waals surface area contributed by atoms with Gasteiger partial charge in [0.05, 0.1) is 0 Å². The van der Waals surface area contributed by atoms with Gasteiger partial charge in [0.25, 0.3) is 0 Å². The Morgan fingerprint density at radius 3 is 2.32 bits per heavy atom. The largest absolute Gasteiger partial charge is 0.0885 e. The number of rotatable bonds is 7. The summed E-state index contributed by atoms with van der Waals surface area (Å²) in [6.45, 7) is 4.54. The molecular weight excluding hydrogens is 300 g/mol. The maximum atomic E-state index is 2.43. The van der Waals surface area contributed by atoms with Gasteiger partial charge in [0.2, 0.25) is 0 Å². The topological polar surface area (TPSA) is 0 Å². The van der Waals surface area contributed by atoms with Crippen LogP contribution in [0.2, 0.25) is 0 Å². The molecule has 1 aromatic carbocycles. The van der Waals surface area contributed by atoms with E-state index in [0.29, 0.717) is 0 Å². The molecule has 3 rings (SSSR count). The zero-order valence-corrected chi connectivity index (χ0v) is 16.6. The first kappa shape index (κ1) is 18.7. The highest BCUT2D eigenvalue weighted by atomic mass is 14.3. The molecule has 0 nitrogen and oxygen atoms in total. The molecule has 0 amide bonds. The average Bonchev–Trinajstić information content (AvgIpc) is 2.67. The molecular formula is C25H38. The lowest BCUT2D eigenvalue weighted by molar-refractivity contribution is 0.210. The molecule has 0 bridgehead atoms. The fraction of sp³-hybridized carbons (Fsp3) is 0.680. The maximum absolute atomic E-state index is 2.43. The van der Waals surface area contributed by atoms with Crippen LogP contribution in [0, 0.1) is 24.7 Å². The van der Waals surface area contributed by atoms with Crippen molar-refractivity contribution in [1.29, 1.82) is 0 Å². The monoisotopic (exact) mass is 338 g/mol. The summed E-state index contributed by atoms with van der Waals surface area (Å²) in [5.74, 6) is 3.65. The number of hydrogen-bond acceptors (Lipinski definition) is 0. The smallest absolute Gasteiger partial charge is 0.0131 e. The van der Waals surface area contributed by atoms with Crippen molar-refractivity contribution in [3.63, 3.8) is 0 Å². The molecule has 0 aromatic heterocycles. The minimum Gasteiger partial charge on any atom is -0.0885 e. The fourth-order valence-corrected chi connectivity index (χ4v) is 5.22. The van der Waals surface area contributed by atoms with Crippen LogP contribution in [0.5, 0.6) is 0 Å². The molecule has 1 aromatic rings. The molecule has 2 aliphatic rings. The van der Waals surface area contributed by atoms with Crippen LogP contribution >= 0.6 is 0 Å². The van der Waals surface area contributed by atoms with Crippen LogP contribution in [0.1, 0.15) is 94.6 Å². The number of allylic oxidation sites excluding steroid dienone is 2. The van der Waals surface area contributed by atoms with E-state index in [1.807, 2.05) is 0 Å². The first-order valence-corrected chi connectivity index (χ1v) is 11.0. The lowest BCUT2D eigenvalue weighted by Gasteiger charge is -2.36. The van der Waals surface area contributed by atoms with Gasteiger partial charge in [-0.05, 0) is 74.7 Å². The summed E-state index contributed by atoms with van der Waals surface area (Å²) in [7, 11) is 0. The van der Waals surface area contributed by atoms with Gasteiger partial charge >= 0.3 is 0 Å². The van der Waals surface area contributed by atoms with Gasteiger partial charge in [0.1, 0.15) is 0 Å². The summed E-state index contributed by atoms with van der Waals surface area (Å²) < 4.78 is 0. The lowest BCUT2D eigenvalue weighted by Crippen LogP contribution is -2.23. The molecule has 0 radical (unpaired) electrons. The first-order chi connectivity index (χ1) is 12.3. The lowest BCUT2D eigenvalue weighted by atomic mass is 9.69. The second-order valence-corrected chi connectivity index (χ2v) is 8.83. The minimum atomic E-state index is 0.796. The van der Waals surface area contributed by atoms with Gasteiger partial charge in [-0.1, -0.05) is 81.0 Å². The Kier molecular flexibility index (Phi) is 7.20. The van der Waals surface area contributed by atoms with E-state index in [9.17, 15) is 0 Å². The van der Waals surface area contributed by atoms with Crippen molar-refractivity contribution in [3.8, 4) is 0 Å². The van der Waals surface area contributed by atoms with Gasteiger partial charge in [-0.3, -0.25) is 0 Å². The molecule has 0 N–H and O–H groups in total. The Morgan fingerprint density at radius 2 is 1.68 bits per heavy atom. The van der Waals surface area contributed by atoms with Crippen LogP contribution in [0.25, 0.3) is 0 Å². The second-order valence-electron chi connectivity index (χ2n) is 8.83. The predicted octanol–water partition coefficient (Wildman–Crippen LogP) is 7.82. The summed E-state index contributed by atoms with van der Waals surface area (Å²) in [6.07, 6.45) is 20.4. The van der Waals surface area contributed by atoms with Crippen LogP contribution in [0.15, 0.2) is 36.4 Å². The Hall–Kier alpha value is -1.04. The number of hydrogen-bond donors (Lipinski definition) is 0. The molecule has 0 saturated heterocycles. The van der Waals surface area contributed by atoms with Gasteiger partial charge in [-0.25, -0.2) is 0 Å². The van der Waals surface area contributed by atoms with E-state index in [4.69, 9.17) is 0 Å². The first-order valence-electron chi connectivity index (χ1n) is 11.0. The maximum Gasteiger partial charge on any atom is -0.0131 e. The molecule has 25 heavy (non-hydrogen) atoms. The molecule has 0 spiro atoms. The van der Waals surface area contributed by atoms with Crippen molar-refractivity contribution in [1.82, 2.24) is 0 Å². The summed E-state index contributed by atoms with van der Waals surface area (Å²) >= 11 is 0. The summed E-state index contributed by atoms with van der Waals surface area (Å²) in [4.78, 5) is 0. The standard InChI is InChI=1S/C25H38/c1-3-4-8-21-13-17-24(18-14-21)25(19-22-9-6-5-7-10-22)23-15-11-20(2)12-16-23/h5-6,11-12,15-16,21-22,24-25H,3-4,7-10,13-14,17-19H2,1-2H3. The van der Waals surface area contributed by atoms with Gasteiger partial charge < -0.3 is 0 Å². The van der Waals surface area contributed by atoms with E-state index >= 15 is 0 Å². The Morgan fingerprint density at radius 1 is 0.920 bits per heavy atom. The summed E-state index contributed by atoms with van der Waals surface area (Å²) in [5, 5.41) is 0. The quantitative estimate of drug-likeness (QED) is 0.444. The highest BCUT2D eigenvalue weighted by molar-refractivity contribution is 5.25. The van der Waals surface area contributed by atoms with Gasteiger partial charge in [0, 0.05) is 0 Å². The van der Waals surface area contributed by atoms with E-state index in [-0.39, 0.29) is 0 Å². The Labute approximate surface area is 156 Å². The third kappa shape index (κ3) is 5.47. The average molecular weight is 339 g/mol.